The van der Waals surface area contributed by atoms with Crippen LogP contribution in [0.4, 0.5) is 0 Å². The molecule has 8 heteroatoms. The number of nitrogens with zero attached hydrogens (tertiary/aromatic N) is 3. The van der Waals surface area contributed by atoms with Gasteiger partial charge in [-0.25, -0.2) is 0 Å². The maximum atomic E-state index is 12.5. The molecule has 2 fully saturated rings. The second-order valence-electron chi connectivity index (χ2n) is 5.79. The number of hydrogen-bond acceptors (Lipinski definition) is 4. The maximum absolute atomic E-state index is 12.5. The predicted molar refractivity (Wildman–Crippen MR) is 76.6 cm³/mol. The number of oxime groups is 1. The standard InChI is InChI=1S/C12H24N4O3S/c1-10-2-6-15(7-3-10)20(18,19)16-8-4-11(5-9-16)12(13)14-17/h10-11,17H,2-9H2,1H3,(H2,13,14). The van der Waals surface area contributed by atoms with Crippen LogP contribution in [0.1, 0.15) is 32.6 Å². The van der Waals surface area contributed by atoms with Crippen molar-refractivity contribution in [3.63, 3.8) is 0 Å². The number of nitrogens with two attached hydrogens (primary N) is 1. The van der Waals surface area contributed by atoms with E-state index in [0.717, 1.165) is 12.8 Å². The Labute approximate surface area is 120 Å². The molecule has 0 atom stereocenters. The van der Waals surface area contributed by atoms with Crippen LogP contribution in [0.25, 0.3) is 0 Å². The molecule has 0 radical (unpaired) electrons. The van der Waals surface area contributed by atoms with Crippen LogP contribution in [-0.4, -0.2) is 54.3 Å². The van der Waals surface area contributed by atoms with Crippen LogP contribution in [0.15, 0.2) is 5.16 Å². The minimum absolute atomic E-state index is 0.0205. The smallest absolute Gasteiger partial charge is 0.281 e. The molecule has 2 aliphatic rings. The highest BCUT2D eigenvalue weighted by Crippen LogP contribution is 2.25. The molecule has 0 saturated carbocycles. The van der Waals surface area contributed by atoms with E-state index in [1.165, 1.54) is 4.31 Å². The summed E-state index contributed by atoms with van der Waals surface area (Å²) in [5.74, 6) is 0.787. The zero-order valence-electron chi connectivity index (χ0n) is 11.9. The van der Waals surface area contributed by atoms with E-state index < -0.39 is 10.2 Å². The molecule has 116 valence electrons. The van der Waals surface area contributed by atoms with Crippen molar-refractivity contribution in [1.82, 2.24) is 8.61 Å². The molecule has 2 aliphatic heterocycles. The molecule has 3 N–H and O–H groups in total. The van der Waals surface area contributed by atoms with E-state index >= 15 is 0 Å². The highest BCUT2D eigenvalue weighted by atomic mass is 32.2. The van der Waals surface area contributed by atoms with E-state index in [1.807, 2.05) is 0 Å². The lowest BCUT2D eigenvalue weighted by Gasteiger charge is -2.37. The molecule has 0 aromatic carbocycles. The van der Waals surface area contributed by atoms with Crippen LogP contribution >= 0.6 is 0 Å². The van der Waals surface area contributed by atoms with E-state index in [4.69, 9.17) is 10.9 Å². The van der Waals surface area contributed by atoms with Crippen molar-refractivity contribution in [2.24, 2.45) is 22.7 Å². The largest absolute Gasteiger partial charge is 0.409 e. The van der Waals surface area contributed by atoms with Crippen molar-refractivity contribution in [1.29, 1.82) is 0 Å². The molecule has 2 heterocycles. The van der Waals surface area contributed by atoms with Crippen LogP contribution < -0.4 is 5.73 Å². The molecule has 2 rings (SSSR count). The Morgan fingerprint density at radius 1 is 1.10 bits per heavy atom. The quantitative estimate of drug-likeness (QED) is 0.342. The van der Waals surface area contributed by atoms with Gasteiger partial charge in [0.15, 0.2) is 0 Å². The van der Waals surface area contributed by atoms with E-state index in [9.17, 15) is 8.42 Å². The summed E-state index contributed by atoms with van der Waals surface area (Å²) in [4.78, 5) is 0. The Morgan fingerprint density at radius 3 is 2.00 bits per heavy atom. The van der Waals surface area contributed by atoms with Crippen LogP contribution in [0.5, 0.6) is 0 Å². The van der Waals surface area contributed by atoms with Crippen molar-refractivity contribution >= 4 is 16.0 Å². The van der Waals surface area contributed by atoms with Gasteiger partial charge in [0.1, 0.15) is 5.84 Å². The molecule has 20 heavy (non-hydrogen) atoms. The van der Waals surface area contributed by atoms with Gasteiger partial charge in [-0.2, -0.15) is 17.0 Å². The Kier molecular flexibility index (Phi) is 4.87. The van der Waals surface area contributed by atoms with Crippen LogP contribution in [0, 0.1) is 11.8 Å². The van der Waals surface area contributed by atoms with Crippen LogP contribution in [0.3, 0.4) is 0 Å². The molecule has 0 aliphatic carbocycles. The summed E-state index contributed by atoms with van der Waals surface area (Å²) < 4.78 is 28.2. The highest BCUT2D eigenvalue weighted by molar-refractivity contribution is 7.86. The van der Waals surface area contributed by atoms with Gasteiger partial charge in [0.05, 0.1) is 0 Å². The van der Waals surface area contributed by atoms with Gasteiger partial charge in [-0.15, -0.1) is 0 Å². The van der Waals surface area contributed by atoms with Crippen molar-refractivity contribution in [3.05, 3.63) is 0 Å². The van der Waals surface area contributed by atoms with Crippen molar-refractivity contribution < 1.29 is 13.6 Å². The molecule has 7 nitrogen and oxygen atoms in total. The lowest BCUT2D eigenvalue weighted by Crippen LogP contribution is -2.50. The first-order valence-corrected chi connectivity index (χ1v) is 8.57. The van der Waals surface area contributed by atoms with Gasteiger partial charge in [-0.05, 0) is 31.6 Å². The fraction of sp³-hybridized carbons (Fsp3) is 0.917. The minimum atomic E-state index is -3.34. The average Bonchev–Trinajstić information content (AvgIpc) is 2.47. The first-order valence-electron chi connectivity index (χ1n) is 7.17. The summed E-state index contributed by atoms with van der Waals surface area (Å²) in [7, 11) is -3.34. The summed E-state index contributed by atoms with van der Waals surface area (Å²) in [6, 6.07) is 0. The van der Waals surface area contributed by atoms with Crippen LogP contribution in [-0.2, 0) is 10.2 Å². The molecule has 0 spiro atoms. The second-order valence-corrected chi connectivity index (χ2v) is 7.72. The van der Waals surface area contributed by atoms with E-state index in [1.54, 1.807) is 4.31 Å². The highest BCUT2D eigenvalue weighted by Gasteiger charge is 2.35. The van der Waals surface area contributed by atoms with Gasteiger partial charge in [0.2, 0.25) is 0 Å². The Morgan fingerprint density at radius 2 is 1.55 bits per heavy atom. The molecule has 0 aromatic rings. The molecule has 2 saturated heterocycles. The fourth-order valence-electron chi connectivity index (χ4n) is 2.84. The predicted octanol–water partition coefficient (Wildman–Crippen LogP) is 0.422. The lowest BCUT2D eigenvalue weighted by molar-refractivity contribution is 0.243. The van der Waals surface area contributed by atoms with Crippen LogP contribution in [0.2, 0.25) is 0 Å². The summed E-state index contributed by atoms with van der Waals surface area (Å²) in [6.07, 6.45) is 3.08. The minimum Gasteiger partial charge on any atom is -0.409 e. The molecular formula is C12H24N4O3S. The molecule has 0 amide bonds. The van der Waals surface area contributed by atoms with Gasteiger partial charge in [-0.1, -0.05) is 12.1 Å². The fourth-order valence-corrected chi connectivity index (χ4v) is 4.51. The number of amidine groups is 1. The molecule has 0 unspecified atom stereocenters. The lowest BCUT2D eigenvalue weighted by atomic mass is 9.97. The average molecular weight is 304 g/mol. The van der Waals surface area contributed by atoms with Crippen molar-refractivity contribution in [3.8, 4) is 0 Å². The SMILES string of the molecule is CC1CCN(S(=O)(=O)N2CCC(C(N)=NO)CC2)CC1. The molecule has 0 aromatic heterocycles. The van der Waals surface area contributed by atoms with Gasteiger partial charge in [0.25, 0.3) is 10.2 Å². The van der Waals surface area contributed by atoms with Gasteiger partial charge < -0.3 is 10.9 Å². The first-order chi connectivity index (χ1) is 9.45. The number of piperidine rings is 2. The normalized spacial score (nSPS) is 25.9. The Bertz CT molecular complexity index is 449. The monoisotopic (exact) mass is 304 g/mol. The Hall–Kier alpha value is -0.860. The maximum Gasteiger partial charge on any atom is 0.281 e. The third kappa shape index (κ3) is 3.24. The second kappa shape index (κ2) is 6.28. The third-order valence-corrected chi connectivity index (χ3v) is 6.42. The van der Waals surface area contributed by atoms with E-state index in [0.29, 0.717) is 44.9 Å². The van der Waals surface area contributed by atoms with E-state index in [-0.39, 0.29) is 11.8 Å². The van der Waals surface area contributed by atoms with Gasteiger partial charge in [-0.3, -0.25) is 0 Å². The Balaban J connectivity index is 1.95. The van der Waals surface area contributed by atoms with Gasteiger partial charge in [0, 0.05) is 32.1 Å². The molecule has 0 bridgehead atoms. The number of rotatable bonds is 3. The topological polar surface area (TPSA) is 99.2 Å². The zero-order valence-corrected chi connectivity index (χ0v) is 12.7. The summed E-state index contributed by atoms with van der Waals surface area (Å²) in [5, 5.41) is 11.7. The van der Waals surface area contributed by atoms with Crippen molar-refractivity contribution in [2.45, 2.75) is 32.6 Å². The zero-order chi connectivity index (χ0) is 14.8. The van der Waals surface area contributed by atoms with Crippen molar-refractivity contribution in [2.75, 3.05) is 26.2 Å². The summed E-state index contributed by atoms with van der Waals surface area (Å²) in [5.41, 5.74) is 5.58. The van der Waals surface area contributed by atoms with Gasteiger partial charge >= 0.3 is 0 Å². The van der Waals surface area contributed by atoms with E-state index in [2.05, 4.69) is 12.1 Å². The summed E-state index contributed by atoms with van der Waals surface area (Å²) in [6.45, 7) is 4.27. The molecular weight excluding hydrogens is 280 g/mol. The summed E-state index contributed by atoms with van der Waals surface area (Å²) >= 11 is 0. The first kappa shape index (κ1) is 15.5. The number of hydrogen-bond donors (Lipinski definition) is 2. The third-order valence-electron chi connectivity index (χ3n) is 4.38.